The summed E-state index contributed by atoms with van der Waals surface area (Å²) in [6.07, 6.45) is 1.92. The molecule has 3 N–H and O–H groups in total. The molecule has 0 bridgehead atoms. The van der Waals surface area contributed by atoms with Gasteiger partial charge in [-0.1, -0.05) is 11.6 Å². The van der Waals surface area contributed by atoms with E-state index in [1.165, 1.54) is 0 Å². The van der Waals surface area contributed by atoms with Crippen LogP contribution in [0.25, 0.3) is 0 Å². The van der Waals surface area contributed by atoms with Crippen LogP contribution in [0.1, 0.15) is 12.8 Å². The zero-order chi connectivity index (χ0) is 13.0. The largest absolute Gasteiger partial charge is 0.381 e. The van der Waals surface area contributed by atoms with E-state index in [0.29, 0.717) is 11.6 Å². The minimum atomic E-state index is -0.397. The molecular formula is C13H17ClN2O2. The van der Waals surface area contributed by atoms with Gasteiger partial charge in [0.2, 0.25) is 5.91 Å². The summed E-state index contributed by atoms with van der Waals surface area (Å²) in [7, 11) is 0. The van der Waals surface area contributed by atoms with Crippen LogP contribution in [-0.4, -0.2) is 25.2 Å². The van der Waals surface area contributed by atoms with Crippen molar-refractivity contribution < 1.29 is 9.53 Å². The molecule has 1 saturated heterocycles. The van der Waals surface area contributed by atoms with Crippen LogP contribution < -0.4 is 11.1 Å². The number of halogens is 1. The lowest BCUT2D eigenvalue weighted by molar-refractivity contribution is -0.121. The van der Waals surface area contributed by atoms with Crippen LogP contribution in [0.3, 0.4) is 0 Å². The van der Waals surface area contributed by atoms with Crippen molar-refractivity contribution in [1.82, 2.24) is 0 Å². The van der Waals surface area contributed by atoms with E-state index in [1.807, 2.05) is 12.1 Å². The van der Waals surface area contributed by atoms with Crippen molar-refractivity contribution in [3.05, 3.63) is 29.3 Å². The van der Waals surface area contributed by atoms with E-state index >= 15 is 0 Å². The molecule has 98 valence electrons. The van der Waals surface area contributed by atoms with Crippen molar-refractivity contribution in [3.63, 3.8) is 0 Å². The maximum Gasteiger partial charge on any atom is 0.240 e. The highest BCUT2D eigenvalue weighted by molar-refractivity contribution is 6.30. The van der Waals surface area contributed by atoms with E-state index in [-0.39, 0.29) is 11.8 Å². The highest BCUT2D eigenvalue weighted by Crippen LogP contribution is 2.22. The van der Waals surface area contributed by atoms with Gasteiger partial charge in [0.1, 0.15) is 6.04 Å². The van der Waals surface area contributed by atoms with Crippen molar-refractivity contribution in [2.45, 2.75) is 18.9 Å². The van der Waals surface area contributed by atoms with Crippen LogP contribution in [0.5, 0.6) is 0 Å². The minimum Gasteiger partial charge on any atom is -0.381 e. The number of anilines is 1. The number of carbonyl (C=O) groups is 1. The Morgan fingerprint density at radius 1 is 1.44 bits per heavy atom. The fourth-order valence-electron chi connectivity index (χ4n) is 2.18. The first-order valence-corrected chi connectivity index (χ1v) is 6.44. The summed E-state index contributed by atoms with van der Waals surface area (Å²) in [6.45, 7) is 1.34. The molecule has 0 aliphatic carbocycles. The SMILES string of the molecule is NC(=O)C(Nc1ccc(Cl)cc1)C1CCCOC1. The standard InChI is InChI=1S/C13H17ClN2O2/c14-10-3-5-11(6-4-10)16-12(13(15)17)9-2-1-7-18-8-9/h3-6,9,12,16H,1-2,7-8H2,(H2,15,17). The fourth-order valence-corrected chi connectivity index (χ4v) is 2.30. The normalized spacial score (nSPS) is 21.3. The molecule has 1 amide bonds. The van der Waals surface area contributed by atoms with Gasteiger partial charge in [0.05, 0.1) is 6.61 Å². The average molecular weight is 269 g/mol. The molecule has 1 aromatic carbocycles. The van der Waals surface area contributed by atoms with Gasteiger partial charge >= 0.3 is 0 Å². The lowest BCUT2D eigenvalue weighted by Crippen LogP contribution is -2.44. The predicted octanol–water partition coefficient (Wildman–Crippen LogP) is 2.03. The number of rotatable bonds is 4. The third kappa shape index (κ3) is 3.37. The number of hydrogen-bond donors (Lipinski definition) is 2. The number of amides is 1. The Morgan fingerprint density at radius 3 is 2.72 bits per heavy atom. The Kier molecular flexibility index (Phi) is 4.44. The Balaban J connectivity index is 2.05. The van der Waals surface area contributed by atoms with Crippen LogP contribution in [-0.2, 0) is 9.53 Å². The highest BCUT2D eigenvalue weighted by atomic mass is 35.5. The minimum absolute atomic E-state index is 0.131. The molecule has 2 atom stereocenters. The second-order valence-electron chi connectivity index (χ2n) is 4.51. The molecule has 2 unspecified atom stereocenters. The van der Waals surface area contributed by atoms with Crippen LogP contribution in [0.4, 0.5) is 5.69 Å². The van der Waals surface area contributed by atoms with E-state index in [1.54, 1.807) is 12.1 Å². The molecule has 18 heavy (non-hydrogen) atoms. The summed E-state index contributed by atoms with van der Waals surface area (Å²) in [5.41, 5.74) is 6.30. The summed E-state index contributed by atoms with van der Waals surface area (Å²) >= 11 is 5.82. The summed E-state index contributed by atoms with van der Waals surface area (Å²) in [5.74, 6) is -0.215. The Bertz CT molecular complexity index is 402. The number of benzene rings is 1. The van der Waals surface area contributed by atoms with Gasteiger partial charge in [-0.05, 0) is 37.1 Å². The van der Waals surface area contributed by atoms with Crippen molar-refractivity contribution in [2.24, 2.45) is 11.7 Å². The molecular weight excluding hydrogens is 252 g/mol. The topological polar surface area (TPSA) is 64.4 Å². The van der Waals surface area contributed by atoms with Crippen molar-refractivity contribution in [1.29, 1.82) is 0 Å². The fraction of sp³-hybridized carbons (Fsp3) is 0.462. The molecule has 1 fully saturated rings. The van der Waals surface area contributed by atoms with Crippen molar-refractivity contribution >= 4 is 23.2 Å². The van der Waals surface area contributed by atoms with Crippen molar-refractivity contribution in [2.75, 3.05) is 18.5 Å². The number of ether oxygens (including phenoxy) is 1. The number of carbonyl (C=O) groups excluding carboxylic acids is 1. The number of hydrogen-bond acceptors (Lipinski definition) is 3. The van der Waals surface area contributed by atoms with E-state index in [0.717, 1.165) is 25.1 Å². The smallest absolute Gasteiger partial charge is 0.240 e. The van der Waals surface area contributed by atoms with Gasteiger partial charge in [-0.3, -0.25) is 4.79 Å². The maximum absolute atomic E-state index is 11.5. The molecule has 4 nitrogen and oxygen atoms in total. The van der Waals surface area contributed by atoms with Crippen LogP contribution in [0, 0.1) is 5.92 Å². The van der Waals surface area contributed by atoms with Gasteiger partial charge in [-0.25, -0.2) is 0 Å². The second kappa shape index (κ2) is 6.07. The average Bonchev–Trinajstić information content (AvgIpc) is 2.38. The molecule has 2 rings (SSSR count). The van der Waals surface area contributed by atoms with E-state index in [9.17, 15) is 4.79 Å². The van der Waals surface area contributed by atoms with Gasteiger partial charge in [-0.2, -0.15) is 0 Å². The summed E-state index contributed by atoms with van der Waals surface area (Å²) in [6, 6.07) is 6.83. The lowest BCUT2D eigenvalue weighted by atomic mass is 9.93. The summed E-state index contributed by atoms with van der Waals surface area (Å²) in [5, 5.41) is 3.83. The number of primary amides is 1. The van der Waals surface area contributed by atoms with Crippen LogP contribution in [0.2, 0.25) is 5.02 Å². The van der Waals surface area contributed by atoms with Crippen LogP contribution >= 0.6 is 11.6 Å². The molecule has 1 aliphatic heterocycles. The number of nitrogens with two attached hydrogens (primary N) is 1. The third-order valence-electron chi connectivity index (χ3n) is 3.14. The van der Waals surface area contributed by atoms with E-state index in [4.69, 9.17) is 22.1 Å². The maximum atomic E-state index is 11.5. The lowest BCUT2D eigenvalue weighted by Gasteiger charge is -2.29. The monoisotopic (exact) mass is 268 g/mol. The first-order valence-electron chi connectivity index (χ1n) is 6.06. The molecule has 1 heterocycles. The third-order valence-corrected chi connectivity index (χ3v) is 3.39. The molecule has 0 aromatic heterocycles. The quantitative estimate of drug-likeness (QED) is 0.878. The van der Waals surface area contributed by atoms with Gasteiger partial charge < -0.3 is 15.8 Å². The zero-order valence-electron chi connectivity index (χ0n) is 10.1. The van der Waals surface area contributed by atoms with Crippen molar-refractivity contribution in [3.8, 4) is 0 Å². The molecule has 1 aliphatic rings. The second-order valence-corrected chi connectivity index (χ2v) is 4.94. The van der Waals surface area contributed by atoms with E-state index < -0.39 is 6.04 Å². The number of nitrogens with one attached hydrogen (secondary N) is 1. The molecule has 1 aromatic rings. The zero-order valence-corrected chi connectivity index (χ0v) is 10.8. The van der Waals surface area contributed by atoms with Gasteiger partial charge in [0, 0.05) is 23.2 Å². The Labute approximate surface area is 111 Å². The Morgan fingerprint density at radius 2 is 2.17 bits per heavy atom. The van der Waals surface area contributed by atoms with Crippen LogP contribution in [0.15, 0.2) is 24.3 Å². The summed E-state index contributed by atoms with van der Waals surface area (Å²) < 4.78 is 5.40. The molecule has 0 radical (unpaired) electrons. The predicted molar refractivity (Wildman–Crippen MR) is 71.6 cm³/mol. The van der Waals surface area contributed by atoms with Gasteiger partial charge in [-0.15, -0.1) is 0 Å². The van der Waals surface area contributed by atoms with Gasteiger partial charge in [0.15, 0.2) is 0 Å². The highest BCUT2D eigenvalue weighted by Gasteiger charge is 2.28. The summed E-state index contributed by atoms with van der Waals surface area (Å²) in [4.78, 5) is 11.5. The van der Waals surface area contributed by atoms with Gasteiger partial charge in [0.25, 0.3) is 0 Å². The molecule has 0 saturated carbocycles. The molecule has 0 spiro atoms. The van der Waals surface area contributed by atoms with E-state index in [2.05, 4.69) is 5.32 Å². The first-order chi connectivity index (χ1) is 8.66. The molecule has 5 heteroatoms. The Hall–Kier alpha value is -1.26. The first kappa shape index (κ1) is 13.2.